The molecule has 0 bridgehead atoms. The Kier molecular flexibility index (Phi) is 4.65. The van der Waals surface area contributed by atoms with Crippen LogP contribution in [0.25, 0.3) is 11.3 Å². The fourth-order valence-corrected chi connectivity index (χ4v) is 3.33. The Morgan fingerprint density at radius 2 is 2.25 bits per heavy atom. The number of nitrogens with zero attached hydrogens (tertiary/aromatic N) is 2. The SMILES string of the molecule is CC(C)(O)[C@H]1CCCN(C(=O)c2cnoc2-c2cccc(Cl)c2)C1. The minimum atomic E-state index is -0.802. The first kappa shape index (κ1) is 17.0. The van der Waals surface area contributed by atoms with Crippen molar-refractivity contribution in [2.45, 2.75) is 32.3 Å². The van der Waals surface area contributed by atoms with Crippen LogP contribution in [-0.4, -0.2) is 39.8 Å². The highest BCUT2D eigenvalue weighted by Gasteiger charge is 2.34. The normalized spacial score (nSPS) is 18.7. The van der Waals surface area contributed by atoms with E-state index in [1.807, 2.05) is 6.07 Å². The lowest BCUT2D eigenvalue weighted by Gasteiger charge is -2.38. The van der Waals surface area contributed by atoms with Crippen LogP contribution in [0.15, 0.2) is 35.0 Å². The molecule has 1 aliphatic heterocycles. The van der Waals surface area contributed by atoms with Gasteiger partial charge in [-0.15, -0.1) is 0 Å². The Morgan fingerprint density at radius 3 is 2.96 bits per heavy atom. The monoisotopic (exact) mass is 348 g/mol. The molecule has 2 heterocycles. The Bertz CT molecular complexity index is 736. The summed E-state index contributed by atoms with van der Waals surface area (Å²) < 4.78 is 5.31. The summed E-state index contributed by atoms with van der Waals surface area (Å²) in [6.07, 6.45) is 3.24. The average Bonchev–Trinajstić information content (AvgIpc) is 3.03. The van der Waals surface area contributed by atoms with E-state index < -0.39 is 5.60 Å². The molecular weight excluding hydrogens is 328 g/mol. The summed E-state index contributed by atoms with van der Waals surface area (Å²) in [5, 5.41) is 14.6. The van der Waals surface area contributed by atoms with Gasteiger partial charge in [0, 0.05) is 29.6 Å². The Hall–Kier alpha value is -1.85. The van der Waals surface area contributed by atoms with E-state index in [9.17, 15) is 9.90 Å². The molecule has 1 aliphatic rings. The van der Waals surface area contributed by atoms with Crippen LogP contribution in [0.5, 0.6) is 0 Å². The summed E-state index contributed by atoms with van der Waals surface area (Å²) in [6, 6.07) is 7.15. The molecule has 1 aromatic heterocycles. The lowest BCUT2D eigenvalue weighted by Crippen LogP contribution is -2.46. The van der Waals surface area contributed by atoms with Crippen molar-refractivity contribution < 1.29 is 14.4 Å². The summed E-state index contributed by atoms with van der Waals surface area (Å²) in [7, 11) is 0. The largest absolute Gasteiger partial charge is 0.390 e. The summed E-state index contributed by atoms with van der Waals surface area (Å²) in [5.41, 5.74) is 0.344. The number of carbonyl (C=O) groups excluding carboxylic acids is 1. The van der Waals surface area contributed by atoms with Crippen LogP contribution in [0.2, 0.25) is 5.02 Å². The van der Waals surface area contributed by atoms with Crippen molar-refractivity contribution in [1.29, 1.82) is 0 Å². The third-order valence-electron chi connectivity index (χ3n) is 4.60. The maximum atomic E-state index is 12.9. The van der Waals surface area contributed by atoms with Gasteiger partial charge in [-0.05, 0) is 38.8 Å². The molecule has 0 unspecified atom stereocenters. The predicted molar refractivity (Wildman–Crippen MR) is 91.9 cm³/mol. The van der Waals surface area contributed by atoms with E-state index in [1.165, 1.54) is 6.20 Å². The molecule has 0 aliphatic carbocycles. The number of amides is 1. The van der Waals surface area contributed by atoms with Crippen LogP contribution in [0.3, 0.4) is 0 Å². The highest BCUT2D eigenvalue weighted by molar-refractivity contribution is 6.30. The third kappa shape index (κ3) is 3.47. The van der Waals surface area contributed by atoms with Gasteiger partial charge in [0.1, 0.15) is 5.56 Å². The molecule has 0 saturated carbocycles. The minimum Gasteiger partial charge on any atom is -0.390 e. The molecule has 6 heteroatoms. The van der Waals surface area contributed by atoms with Crippen molar-refractivity contribution in [2.24, 2.45) is 5.92 Å². The molecule has 1 N–H and O–H groups in total. The second-order valence-electron chi connectivity index (χ2n) is 6.82. The highest BCUT2D eigenvalue weighted by Crippen LogP contribution is 2.30. The van der Waals surface area contributed by atoms with E-state index in [2.05, 4.69) is 5.16 Å². The second-order valence-corrected chi connectivity index (χ2v) is 7.26. The molecule has 5 nitrogen and oxygen atoms in total. The van der Waals surface area contributed by atoms with Gasteiger partial charge in [-0.3, -0.25) is 4.79 Å². The van der Waals surface area contributed by atoms with E-state index in [4.69, 9.17) is 16.1 Å². The van der Waals surface area contributed by atoms with Gasteiger partial charge in [-0.1, -0.05) is 28.9 Å². The number of aromatic nitrogens is 1. The Labute approximate surface area is 146 Å². The molecule has 128 valence electrons. The van der Waals surface area contributed by atoms with Crippen molar-refractivity contribution >= 4 is 17.5 Å². The zero-order chi connectivity index (χ0) is 17.3. The highest BCUT2D eigenvalue weighted by atomic mass is 35.5. The topological polar surface area (TPSA) is 66.6 Å². The third-order valence-corrected chi connectivity index (χ3v) is 4.83. The first-order valence-corrected chi connectivity index (χ1v) is 8.46. The number of halogens is 1. The molecule has 1 aromatic carbocycles. The van der Waals surface area contributed by atoms with E-state index in [-0.39, 0.29) is 11.8 Å². The van der Waals surface area contributed by atoms with Gasteiger partial charge in [-0.2, -0.15) is 0 Å². The molecule has 24 heavy (non-hydrogen) atoms. The van der Waals surface area contributed by atoms with Crippen molar-refractivity contribution in [2.75, 3.05) is 13.1 Å². The van der Waals surface area contributed by atoms with Gasteiger partial charge >= 0.3 is 0 Å². The van der Waals surface area contributed by atoms with Gasteiger partial charge in [0.25, 0.3) is 5.91 Å². The molecule has 1 saturated heterocycles. The van der Waals surface area contributed by atoms with Crippen LogP contribution < -0.4 is 0 Å². The molecule has 1 fully saturated rings. The van der Waals surface area contributed by atoms with E-state index in [1.54, 1.807) is 36.9 Å². The lowest BCUT2D eigenvalue weighted by atomic mass is 9.84. The quantitative estimate of drug-likeness (QED) is 0.920. The predicted octanol–water partition coefficient (Wildman–Crippen LogP) is 3.62. The van der Waals surface area contributed by atoms with Gasteiger partial charge in [-0.25, -0.2) is 0 Å². The number of likely N-dealkylation sites (tertiary alicyclic amines) is 1. The van der Waals surface area contributed by atoms with Gasteiger partial charge in [0.2, 0.25) is 0 Å². The number of carbonyl (C=O) groups is 1. The maximum Gasteiger partial charge on any atom is 0.259 e. The molecule has 0 spiro atoms. The fourth-order valence-electron chi connectivity index (χ4n) is 3.14. The molecule has 0 radical (unpaired) electrons. The van der Waals surface area contributed by atoms with E-state index in [0.29, 0.717) is 29.4 Å². The van der Waals surface area contributed by atoms with E-state index >= 15 is 0 Å². The first-order valence-electron chi connectivity index (χ1n) is 8.08. The Morgan fingerprint density at radius 1 is 1.46 bits per heavy atom. The van der Waals surface area contributed by atoms with Gasteiger partial charge < -0.3 is 14.5 Å². The molecule has 2 aromatic rings. The second kappa shape index (κ2) is 6.57. The van der Waals surface area contributed by atoms with Crippen molar-refractivity contribution in [1.82, 2.24) is 10.1 Å². The summed E-state index contributed by atoms with van der Waals surface area (Å²) in [4.78, 5) is 14.7. The maximum absolute atomic E-state index is 12.9. The molecule has 1 amide bonds. The standard InChI is InChI=1S/C18H21ClN2O3/c1-18(2,23)13-6-4-8-21(11-13)17(22)15-10-20-24-16(15)12-5-3-7-14(19)9-12/h3,5,7,9-10,13,23H,4,6,8,11H2,1-2H3/t13-/m0/s1. The number of benzene rings is 1. The van der Waals surface area contributed by atoms with Crippen molar-refractivity contribution in [3.63, 3.8) is 0 Å². The van der Waals surface area contributed by atoms with Crippen LogP contribution in [0.1, 0.15) is 37.0 Å². The fraction of sp³-hybridized carbons (Fsp3) is 0.444. The number of aliphatic hydroxyl groups is 1. The summed E-state index contributed by atoms with van der Waals surface area (Å²) >= 11 is 6.03. The number of hydrogen-bond donors (Lipinski definition) is 1. The minimum absolute atomic E-state index is 0.0599. The zero-order valence-corrected chi connectivity index (χ0v) is 14.6. The average molecular weight is 349 g/mol. The molecule has 1 atom stereocenters. The van der Waals surface area contributed by atoms with Crippen LogP contribution in [0.4, 0.5) is 0 Å². The van der Waals surface area contributed by atoms with E-state index in [0.717, 1.165) is 18.4 Å². The molecule has 3 rings (SSSR count). The molecular formula is C18H21ClN2O3. The van der Waals surface area contributed by atoms with Crippen LogP contribution in [-0.2, 0) is 0 Å². The zero-order valence-electron chi connectivity index (χ0n) is 13.8. The summed E-state index contributed by atoms with van der Waals surface area (Å²) in [5.74, 6) is 0.359. The summed E-state index contributed by atoms with van der Waals surface area (Å²) in [6.45, 7) is 4.79. The van der Waals surface area contributed by atoms with Crippen molar-refractivity contribution in [3.05, 3.63) is 41.0 Å². The smallest absolute Gasteiger partial charge is 0.259 e. The number of hydrogen-bond acceptors (Lipinski definition) is 4. The van der Waals surface area contributed by atoms with Crippen molar-refractivity contribution in [3.8, 4) is 11.3 Å². The van der Waals surface area contributed by atoms with Gasteiger partial charge in [0.05, 0.1) is 11.8 Å². The first-order chi connectivity index (χ1) is 11.4. The number of piperidine rings is 1. The van der Waals surface area contributed by atoms with Crippen LogP contribution >= 0.6 is 11.6 Å². The Balaban J connectivity index is 1.85. The van der Waals surface area contributed by atoms with Crippen LogP contribution in [0, 0.1) is 5.92 Å². The van der Waals surface area contributed by atoms with Gasteiger partial charge in [0.15, 0.2) is 5.76 Å². The lowest BCUT2D eigenvalue weighted by molar-refractivity contribution is -0.0146. The number of rotatable bonds is 3.